The topological polar surface area (TPSA) is 52.7 Å². The number of nitrogens with zero attached hydrogens (tertiary/aromatic N) is 2. The van der Waals surface area contributed by atoms with Gasteiger partial charge in [0, 0.05) is 50.9 Å². The van der Waals surface area contributed by atoms with Gasteiger partial charge in [-0.15, -0.1) is 0 Å². The van der Waals surface area contributed by atoms with Crippen molar-refractivity contribution in [1.29, 1.82) is 0 Å². The summed E-state index contributed by atoms with van der Waals surface area (Å²) in [7, 11) is 0. The fourth-order valence-corrected chi connectivity index (χ4v) is 3.08. The maximum atomic E-state index is 12.0. The zero-order valence-electron chi connectivity index (χ0n) is 15.8. The van der Waals surface area contributed by atoms with Crippen LogP contribution in [0.3, 0.4) is 0 Å². The lowest BCUT2D eigenvalue weighted by Crippen LogP contribution is -2.35. The number of rotatable bonds is 7. The van der Waals surface area contributed by atoms with Crippen molar-refractivity contribution in [1.82, 2.24) is 5.32 Å². The third kappa shape index (κ3) is 6.07. The van der Waals surface area contributed by atoms with Gasteiger partial charge in [-0.3, -0.25) is 9.59 Å². The van der Waals surface area contributed by atoms with E-state index in [0.717, 1.165) is 18.8 Å². The highest BCUT2D eigenvalue weighted by atomic mass is 16.2. The second kappa shape index (κ2) is 9.44. The average Bonchev–Trinajstić information content (AvgIpc) is 2.61. The molecule has 1 aromatic carbocycles. The average molecular weight is 345 g/mol. The van der Waals surface area contributed by atoms with Gasteiger partial charge in [0.1, 0.15) is 0 Å². The first-order valence-electron chi connectivity index (χ1n) is 9.37. The molecule has 138 valence electrons. The molecule has 5 nitrogen and oxygen atoms in total. The molecule has 0 aliphatic carbocycles. The van der Waals surface area contributed by atoms with E-state index in [1.807, 2.05) is 12.1 Å². The van der Waals surface area contributed by atoms with Gasteiger partial charge in [0.25, 0.3) is 0 Å². The predicted molar refractivity (Wildman–Crippen MR) is 103 cm³/mol. The zero-order valence-corrected chi connectivity index (χ0v) is 15.8. The molecule has 1 heterocycles. The molecule has 0 unspecified atom stereocenters. The van der Waals surface area contributed by atoms with Crippen LogP contribution in [0.5, 0.6) is 0 Å². The van der Waals surface area contributed by atoms with Crippen molar-refractivity contribution in [2.45, 2.75) is 46.5 Å². The van der Waals surface area contributed by atoms with E-state index in [1.54, 1.807) is 11.8 Å². The molecular formula is C20H31N3O2. The van der Waals surface area contributed by atoms with Crippen molar-refractivity contribution in [3.05, 3.63) is 24.3 Å². The molecule has 0 atom stereocenters. The Morgan fingerprint density at radius 1 is 1.12 bits per heavy atom. The summed E-state index contributed by atoms with van der Waals surface area (Å²) >= 11 is 0. The van der Waals surface area contributed by atoms with Crippen molar-refractivity contribution in [3.63, 3.8) is 0 Å². The number of hydrogen-bond donors (Lipinski definition) is 1. The zero-order chi connectivity index (χ0) is 18.2. The summed E-state index contributed by atoms with van der Waals surface area (Å²) in [6, 6.07) is 8.12. The van der Waals surface area contributed by atoms with Crippen LogP contribution in [0.2, 0.25) is 0 Å². The van der Waals surface area contributed by atoms with Crippen LogP contribution in [0.4, 0.5) is 11.4 Å². The predicted octanol–water partition coefficient (Wildman–Crippen LogP) is 3.19. The Bertz CT molecular complexity index is 563. The fourth-order valence-electron chi connectivity index (χ4n) is 3.08. The van der Waals surface area contributed by atoms with Crippen molar-refractivity contribution in [3.8, 4) is 0 Å². The Morgan fingerprint density at radius 3 is 2.32 bits per heavy atom. The lowest BCUT2D eigenvalue weighted by molar-refractivity contribution is -0.121. The molecule has 0 spiro atoms. The molecule has 2 amide bonds. The second-order valence-corrected chi connectivity index (χ2v) is 7.18. The highest BCUT2D eigenvalue weighted by Crippen LogP contribution is 2.24. The molecule has 0 aromatic heterocycles. The maximum Gasteiger partial charge on any atom is 0.223 e. The first-order valence-corrected chi connectivity index (χ1v) is 9.37. The molecular weight excluding hydrogens is 314 g/mol. The fraction of sp³-hybridized carbons (Fsp3) is 0.600. The molecule has 25 heavy (non-hydrogen) atoms. The van der Waals surface area contributed by atoms with Gasteiger partial charge >= 0.3 is 0 Å². The molecule has 0 radical (unpaired) electrons. The van der Waals surface area contributed by atoms with E-state index in [0.29, 0.717) is 25.4 Å². The smallest absolute Gasteiger partial charge is 0.223 e. The normalized spacial score (nSPS) is 14.5. The van der Waals surface area contributed by atoms with E-state index in [9.17, 15) is 9.59 Å². The minimum absolute atomic E-state index is 0.00936. The van der Waals surface area contributed by atoms with Crippen LogP contribution in [-0.4, -0.2) is 38.0 Å². The molecule has 1 fully saturated rings. The summed E-state index contributed by atoms with van der Waals surface area (Å²) in [4.78, 5) is 28.0. The minimum atomic E-state index is -0.0395. The maximum absolute atomic E-state index is 12.0. The molecule has 1 aliphatic rings. The summed E-state index contributed by atoms with van der Waals surface area (Å²) in [5, 5.41) is 2.90. The Labute approximate surface area is 151 Å². The first-order chi connectivity index (χ1) is 12.0. The van der Waals surface area contributed by atoms with E-state index < -0.39 is 0 Å². The largest absolute Gasteiger partial charge is 0.372 e. The molecule has 1 aliphatic heterocycles. The summed E-state index contributed by atoms with van der Waals surface area (Å²) in [5.41, 5.74) is 2.06. The number of piperidine rings is 1. The van der Waals surface area contributed by atoms with Crippen molar-refractivity contribution < 1.29 is 9.59 Å². The molecule has 1 N–H and O–H groups in total. The van der Waals surface area contributed by atoms with Crippen LogP contribution in [0.25, 0.3) is 0 Å². The third-order valence-corrected chi connectivity index (χ3v) is 4.53. The molecule has 0 saturated carbocycles. The number of hydrogen-bond acceptors (Lipinski definition) is 3. The SMILES string of the molecule is CC(=O)N(CCC(=O)NCC(C)C)c1ccc(N2CCCCC2)cc1. The molecule has 1 saturated heterocycles. The van der Waals surface area contributed by atoms with Gasteiger partial charge in [0.2, 0.25) is 11.8 Å². The van der Waals surface area contributed by atoms with E-state index in [2.05, 4.69) is 36.2 Å². The molecule has 5 heteroatoms. The number of benzene rings is 1. The lowest BCUT2D eigenvalue weighted by Gasteiger charge is -2.29. The molecule has 0 bridgehead atoms. The second-order valence-electron chi connectivity index (χ2n) is 7.18. The van der Waals surface area contributed by atoms with Gasteiger partial charge in [-0.25, -0.2) is 0 Å². The number of nitrogens with one attached hydrogen (secondary N) is 1. The van der Waals surface area contributed by atoms with Gasteiger partial charge in [-0.05, 0) is 49.4 Å². The van der Waals surface area contributed by atoms with Crippen molar-refractivity contribution in [2.24, 2.45) is 5.92 Å². The Hall–Kier alpha value is -2.04. The highest BCUT2D eigenvalue weighted by molar-refractivity contribution is 5.92. The third-order valence-electron chi connectivity index (χ3n) is 4.53. The summed E-state index contributed by atoms with van der Waals surface area (Å²) < 4.78 is 0. The first kappa shape index (κ1) is 19.3. The quantitative estimate of drug-likeness (QED) is 0.826. The Morgan fingerprint density at radius 2 is 1.76 bits per heavy atom. The number of amides is 2. The van der Waals surface area contributed by atoms with Crippen molar-refractivity contribution in [2.75, 3.05) is 36.0 Å². The number of anilines is 2. The minimum Gasteiger partial charge on any atom is -0.372 e. The Kier molecular flexibility index (Phi) is 7.29. The Balaban J connectivity index is 1.94. The van der Waals surface area contributed by atoms with E-state index in [4.69, 9.17) is 0 Å². The van der Waals surface area contributed by atoms with Crippen LogP contribution >= 0.6 is 0 Å². The summed E-state index contributed by atoms with van der Waals surface area (Å²) in [6.45, 7) is 8.95. The van der Waals surface area contributed by atoms with Gasteiger partial charge in [-0.2, -0.15) is 0 Å². The summed E-state index contributed by atoms with van der Waals surface area (Å²) in [6.07, 6.45) is 4.12. The monoisotopic (exact) mass is 345 g/mol. The van der Waals surface area contributed by atoms with Crippen molar-refractivity contribution >= 4 is 23.2 Å². The standard InChI is InChI=1S/C20H31N3O2/c1-16(2)15-21-20(25)11-14-23(17(3)24)19-9-7-18(8-10-19)22-12-5-4-6-13-22/h7-10,16H,4-6,11-15H2,1-3H3,(H,21,25). The molecule has 1 aromatic rings. The van der Waals surface area contributed by atoms with Crippen LogP contribution in [0, 0.1) is 5.92 Å². The number of carbonyl (C=O) groups excluding carboxylic acids is 2. The number of carbonyl (C=O) groups is 2. The van der Waals surface area contributed by atoms with E-state index in [1.165, 1.54) is 24.9 Å². The van der Waals surface area contributed by atoms with Gasteiger partial charge in [0.05, 0.1) is 0 Å². The van der Waals surface area contributed by atoms with Crippen LogP contribution < -0.4 is 15.1 Å². The molecule has 2 rings (SSSR count). The van der Waals surface area contributed by atoms with E-state index in [-0.39, 0.29) is 11.8 Å². The van der Waals surface area contributed by atoms with Gasteiger partial charge in [-0.1, -0.05) is 13.8 Å². The van der Waals surface area contributed by atoms with Gasteiger partial charge < -0.3 is 15.1 Å². The van der Waals surface area contributed by atoms with E-state index >= 15 is 0 Å². The van der Waals surface area contributed by atoms with Crippen LogP contribution in [-0.2, 0) is 9.59 Å². The van der Waals surface area contributed by atoms with Gasteiger partial charge in [0.15, 0.2) is 0 Å². The summed E-state index contributed by atoms with van der Waals surface area (Å²) in [5.74, 6) is 0.377. The lowest BCUT2D eigenvalue weighted by atomic mass is 10.1. The van der Waals surface area contributed by atoms with Crippen LogP contribution in [0.15, 0.2) is 24.3 Å². The highest BCUT2D eigenvalue weighted by Gasteiger charge is 2.15. The van der Waals surface area contributed by atoms with Crippen LogP contribution in [0.1, 0.15) is 46.5 Å².